The molecule has 1 heterocycles. The van der Waals surface area contributed by atoms with Crippen molar-refractivity contribution in [2.45, 2.75) is 6.54 Å². The molecule has 1 amide bonds. The van der Waals surface area contributed by atoms with Gasteiger partial charge in [-0.3, -0.25) is 9.52 Å². The first-order valence-electron chi connectivity index (χ1n) is 8.43. The van der Waals surface area contributed by atoms with Gasteiger partial charge in [-0.05, 0) is 42.0 Å². The third-order valence-electron chi connectivity index (χ3n) is 3.67. The monoisotopic (exact) mass is 397 g/mol. The first-order valence-corrected chi connectivity index (χ1v) is 10.3. The minimum atomic E-state index is -3.32. The Morgan fingerprint density at radius 3 is 2.39 bits per heavy atom. The molecule has 3 rings (SSSR count). The molecule has 3 aromatic rings. The molecule has 0 bridgehead atoms. The summed E-state index contributed by atoms with van der Waals surface area (Å²) in [5.74, 6) is 0.599. The molecule has 0 saturated carbocycles. The van der Waals surface area contributed by atoms with Gasteiger partial charge in [0.1, 0.15) is 5.75 Å². The van der Waals surface area contributed by atoms with Gasteiger partial charge in [0.2, 0.25) is 10.0 Å². The third-order valence-corrected chi connectivity index (χ3v) is 4.27. The minimum Gasteiger partial charge on any atom is -0.455 e. The van der Waals surface area contributed by atoms with Gasteiger partial charge < -0.3 is 10.1 Å². The molecule has 28 heavy (non-hydrogen) atoms. The van der Waals surface area contributed by atoms with E-state index in [4.69, 9.17) is 4.74 Å². The molecule has 0 saturated heterocycles. The Labute approximate surface area is 163 Å². The van der Waals surface area contributed by atoms with Crippen molar-refractivity contribution in [3.05, 3.63) is 84.2 Å². The maximum absolute atomic E-state index is 12.5. The number of hydrogen-bond acceptors (Lipinski definition) is 5. The molecule has 0 aliphatic heterocycles. The van der Waals surface area contributed by atoms with Crippen molar-refractivity contribution < 1.29 is 17.9 Å². The number of carbonyl (C=O) groups excluding carboxylic acids is 1. The lowest BCUT2D eigenvalue weighted by Crippen LogP contribution is -2.24. The van der Waals surface area contributed by atoms with Crippen molar-refractivity contribution in [2.75, 3.05) is 11.0 Å². The number of rotatable bonds is 7. The van der Waals surface area contributed by atoms with E-state index in [2.05, 4.69) is 15.0 Å². The van der Waals surface area contributed by atoms with E-state index in [1.165, 1.54) is 6.20 Å². The highest BCUT2D eigenvalue weighted by Crippen LogP contribution is 2.23. The van der Waals surface area contributed by atoms with E-state index in [1.807, 2.05) is 18.2 Å². The number of anilines is 1. The second-order valence-electron chi connectivity index (χ2n) is 6.02. The fourth-order valence-electron chi connectivity index (χ4n) is 2.43. The second-order valence-corrected chi connectivity index (χ2v) is 7.77. The van der Waals surface area contributed by atoms with E-state index in [0.29, 0.717) is 17.2 Å². The Hall–Kier alpha value is -3.39. The molecule has 144 valence electrons. The molecule has 1 aromatic heterocycles. The standard InChI is InChI=1S/C20H19N3O4S/c1-28(25,26)23-16-11-9-15(10-12-16)14-22-20(24)19-18(8-5-13-21-19)27-17-6-3-2-4-7-17/h2-13,23H,14H2,1H3,(H,22,24). The number of pyridine rings is 1. The van der Waals surface area contributed by atoms with E-state index in [0.717, 1.165) is 11.8 Å². The number of nitrogens with zero attached hydrogens (tertiary/aromatic N) is 1. The minimum absolute atomic E-state index is 0.182. The Balaban J connectivity index is 1.65. The number of ether oxygens (including phenoxy) is 1. The van der Waals surface area contributed by atoms with Gasteiger partial charge in [0.15, 0.2) is 11.4 Å². The molecule has 0 aliphatic rings. The van der Waals surface area contributed by atoms with E-state index >= 15 is 0 Å². The smallest absolute Gasteiger partial charge is 0.274 e. The molecule has 2 N–H and O–H groups in total. The molecule has 0 spiro atoms. The van der Waals surface area contributed by atoms with Gasteiger partial charge in [-0.2, -0.15) is 0 Å². The molecule has 0 radical (unpaired) electrons. The SMILES string of the molecule is CS(=O)(=O)Nc1ccc(CNC(=O)c2ncccc2Oc2ccccc2)cc1. The number of carbonyl (C=O) groups is 1. The number of para-hydroxylation sites is 1. The second kappa shape index (κ2) is 8.53. The zero-order valence-corrected chi connectivity index (χ0v) is 15.9. The summed E-state index contributed by atoms with van der Waals surface area (Å²) < 4.78 is 30.6. The number of aromatic nitrogens is 1. The summed E-state index contributed by atoms with van der Waals surface area (Å²) in [6.07, 6.45) is 2.61. The van der Waals surface area contributed by atoms with Crippen molar-refractivity contribution in [1.82, 2.24) is 10.3 Å². The quantitative estimate of drug-likeness (QED) is 0.638. The highest BCUT2D eigenvalue weighted by molar-refractivity contribution is 7.92. The van der Waals surface area contributed by atoms with Crippen molar-refractivity contribution in [3.8, 4) is 11.5 Å². The summed E-state index contributed by atoms with van der Waals surface area (Å²) in [5, 5.41) is 2.79. The van der Waals surface area contributed by atoms with Crippen molar-refractivity contribution in [1.29, 1.82) is 0 Å². The summed E-state index contributed by atoms with van der Waals surface area (Å²) in [4.78, 5) is 16.7. The van der Waals surface area contributed by atoms with Crippen LogP contribution in [0.5, 0.6) is 11.5 Å². The normalized spacial score (nSPS) is 10.9. The summed E-state index contributed by atoms with van der Waals surface area (Å²) in [6, 6.07) is 19.2. The van der Waals surface area contributed by atoms with Crippen LogP contribution in [0.1, 0.15) is 16.1 Å². The predicted octanol–water partition coefficient (Wildman–Crippen LogP) is 3.18. The zero-order valence-electron chi connectivity index (χ0n) is 15.1. The lowest BCUT2D eigenvalue weighted by atomic mass is 10.2. The molecule has 7 nitrogen and oxygen atoms in total. The maximum atomic E-state index is 12.5. The molecule has 0 atom stereocenters. The average molecular weight is 397 g/mol. The van der Waals surface area contributed by atoms with Crippen LogP contribution < -0.4 is 14.8 Å². The molecule has 0 aliphatic carbocycles. The zero-order chi connectivity index (χ0) is 20.0. The van der Waals surface area contributed by atoms with Crippen LogP contribution in [0.4, 0.5) is 5.69 Å². The Kier molecular flexibility index (Phi) is 5.90. The van der Waals surface area contributed by atoms with Crippen LogP contribution in [0.15, 0.2) is 72.9 Å². The van der Waals surface area contributed by atoms with Crippen molar-refractivity contribution in [2.24, 2.45) is 0 Å². The summed E-state index contributed by atoms with van der Waals surface area (Å²) >= 11 is 0. The Morgan fingerprint density at radius 2 is 1.71 bits per heavy atom. The topological polar surface area (TPSA) is 97.4 Å². The first-order chi connectivity index (χ1) is 13.4. The van der Waals surface area contributed by atoms with Crippen molar-refractivity contribution >= 4 is 21.6 Å². The summed E-state index contributed by atoms with van der Waals surface area (Å²) in [5.41, 5.74) is 1.46. The molecule has 0 unspecified atom stereocenters. The van der Waals surface area contributed by atoms with Crippen LogP contribution in [0.25, 0.3) is 0 Å². The van der Waals surface area contributed by atoms with Crippen molar-refractivity contribution in [3.63, 3.8) is 0 Å². The third kappa shape index (κ3) is 5.55. The molecular weight excluding hydrogens is 378 g/mol. The molecule has 2 aromatic carbocycles. The number of nitrogens with one attached hydrogen (secondary N) is 2. The summed E-state index contributed by atoms with van der Waals surface area (Å²) in [7, 11) is -3.32. The average Bonchev–Trinajstić information content (AvgIpc) is 2.67. The fourth-order valence-corrected chi connectivity index (χ4v) is 2.99. The fraction of sp³-hybridized carbons (Fsp3) is 0.100. The highest BCUT2D eigenvalue weighted by atomic mass is 32.2. The van der Waals surface area contributed by atoms with E-state index in [1.54, 1.807) is 48.5 Å². The lowest BCUT2D eigenvalue weighted by Gasteiger charge is -2.11. The number of hydrogen-bond donors (Lipinski definition) is 2. The highest BCUT2D eigenvalue weighted by Gasteiger charge is 2.14. The van der Waals surface area contributed by atoms with Gasteiger partial charge in [-0.15, -0.1) is 0 Å². The number of amides is 1. The van der Waals surface area contributed by atoms with E-state index in [-0.39, 0.29) is 18.1 Å². The molecular formula is C20H19N3O4S. The van der Waals surface area contributed by atoms with Crippen LogP contribution >= 0.6 is 0 Å². The van der Waals surface area contributed by atoms with E-state index in [9.17, 15) is 13.2 Å². The molecule has 8 heteroatoms. The van der Waals surface area contributed by atoms with Crippen LogP contribution in [-0.2, 0) is 16.6 Å². The van der Waals surface area contributed by atoms with Gasteiger partial charge in [0.05, 0.1) is 6.26 Å². The van der Waals surface area contributed by atoms with Gasteiger partial charge in [-0.25, -0.2) is 13.4 Å². The van der Waals surface area contributed by atoms with Gasteiger partial charge in [0.25, 0.3) is 5.91 Å². The maximum Gasteiger partial charge on any atom is 0.274 e. The van der Waals surface area contributed by atoms with Crippen LogP contribution in [0, 0.1) is 0 Å². The lowest BCUT2D eigenvalue weighted by molar-refractivity contribution is 0.0943. The van der Waals surface area contributed by atoms with Crippen LogP contribution in [0.3, 0.4) is 0 Å². The Bertz CT molecular complexity index is 1050. The molecule has 0 fully saturated rings. The van der Waals surface area contributed by atoms with Gasteiger partial charge in [-0.1, -0.05) is 30.3 Å². The summed E-state index contributed by atoms with van der Waals surface area (Å²) in [6.45, 7) is 0.263. The van der Waals surface area contributed by atoms with E-state index < -0.39 is 10.0 Å². The number of sulfonamides is 1. The largest absolute Gasteiger partial charge is 0.455 e. The van der Waals surface area contributed by atoms with Gasteiger partial charge in [0, 0.05) is 18.4 Å². The first kappa shape index (κ1) is 19.4. The Morgan fingerprint density at radius 1 is 1.00 bits per heavy atom. The number of benzene rings is 2. The van der Waals surface area contributed by atoms with Crippen LogP contribution in [0.2, 0.25) is 0 Å². The predicted molar refractivity (Wildman–Crippen MR) is 107 cm³/mol. The van der Waals surface area contributed by atoms with Crippen LogP contribution in [-0.4, -0.2) is 25.6 Å². The van der Waals surface area contributed by atoms with Gasteiger partial charge >= 0.3 is 0 Å².